The van der Waals surface area contributed by atoms with E-state index in [1.54, 1.807) is 7.11 Å². The molecule has 2 rings (SSSR count). The highest BCUT2D eigenvalue weighted by molar-refractivity contribution is 5.79. The number of ether oxygens (including phenoxy) is 2. The van der Waals surface area contributed by atoms with Gasteiger partial charge in [0.25, 0.3) is 0 Å². The summed E-state index contributed by atoms with van der Waals surface area (Å²) >= 11 is 0. The van der Waals surface area contributed by atoms with Gasteiger partial charge in [0, 0.05) is 27.2 Å². The molecule has 1 aliphatic heterocycles. The van der Waals surface area contributed by atoms with Gasteiger partial charge in [-0.3, -0.25) is 4.99 Å². The first-order valence-corrected chi connectivity index (χ1v) is 9.56. The molecule has 1 aliphatic rings. The summed E-state index contributed by atoms with van der Waals surface area (Å²) in [5.74, 6) is 2.45. The van der Waals surface area contributed by atoms with Gasteiger partial charge in [0.15, 0.2) is 5.96 Å². The summed E-state index contributed by atoms with van der Waals surface area (Å²) in [6, 6.07) is 8.12. The second-order valence-corrected chi connectivity index (χ2v) is 6.82. The fourth-order valence-corrected chi connectivity index (χ4v) is 3.07. The second kappa shape index (κ2) is 11.8. The van der Waals surface area contributed by atoms with E-state index in [1.807, 2.05) is 19.2 Å². The van der Waals surface area contributed by atoms with Crippen molar-refractivity contribution in [3.8, 4) is 5.75 Å². The van der Waals surface area contributed by atoms with Gasteiger partial charge in [-0.25, -0.2) is 0 Å². The van der Waals surface area contributed by atoms with Crippen molar-refractivity contribution in [3.05, 3.63) is 29.8 Å². The number of hydrogen-bond acceptors (Lipinski definition) is 4. The van der Waals surface area contributed by atoms with Gasteiger partial charge in [-0.2, -0.15) is 0 Å². The van der Waals surface area contributed by atoms with E-state index >= 15 is 0 Å². The van der Waals surface area contributed by atoms with E-state index in [1.165, 1.54) is 18.4 Å². The number of guanidine groups is 1. The van der Waals surface area contributed by atoms with Gasteiger partial charge in [0.05, 0.1) is 13.2 Å². The van der Waals surface area contributed by atoms with Crippen LogP contribution in [0.1, 0.15) is 18.4 Å². The molecule has 1 heterocycles. The Morgan fingerprint density at radius 3 is 2.54 bits per heavy atom. The molecule has 1 fully saturated rings. The summed E-state index contributed by atoms with van der Waals surface area (Å²) in [5.41, 5.74) is 1.24. The van der Waals surface area contributed by atoms with Crippen molar-refractivity contribution in [2.75, 3.05) is 60.1 Å². The number of rotatable bonds is 9. The Bertz CT molecular complexity index is 525. The molecule has 1 saturated heterocycles. The monoisotopic (exact) mass is 362 g/mol. The van der Waals surface area contributed by atoms with Crippen LogP contribution in [0.3, 0.4) is 0 Å². The summed E-state index contributed by atoms with van der Waals surface area (Å²) < 4.78 is 10.9. The number of nitrogens with zero attached hydrogens (tertiary/aromatic N) is 2. The van der Waals surface area contributed by atoms with E-state index < -0.39 is 0 Å². The Morgan fingerprint density at radius 1 is 1.15 bits per heavy atom. The van der Waals surface area contributed by atoms with Crippen LogP contribution in [0.2, 0.25) is 0 Å². The van der Waals surface area contributed by atoms with Gasteiger partial charge >= 0.3 is 0 Å². The van der Waals surface area contributed by atoms with Crippen LogP contribution in [0, 0.1) is 12.8 Å². The Hall–Kier alpha value is -1.79. The summed E-state index contributed by atoms with van der Waals surface area (Å²) in [6.07, 6.45) is 2.45. The predicted octanol–water partition coefficient (Wildman–Crippen LogP) is 1.90. The van der Waals surface area contributed by atoms with Crippen molar-refractivity contribution in [3.63, 3.8) is 0 Å². The Kier molecular flexibility index (Phi) is 9.28. The minimum Gasteiger partial charge on any atom is -0.492 e. The van der Waals surface area contributed by atoms with Crippen LogP contribution < -0.4 is 15.4 Å². The minimum atomic E-state index is 0.613. The maximum absolute atomic E-state index is 5.73. The zero-order valence-electron chi connectivity index (χ0n) is 16.5. The SMILES string of the molecule is CN=C(NCCOc1ccc(C)cc1)NCC1CCN(CCOC)CC1. The third kappa shape index (κ3) is 7.62. The van der Waals surface area contributed by atoms with Crippen LogP contribution in [-0.4, -0.2) is 71.0 Å². The van der Waals surface area contributed by atoms with Gasteiger partial charge in [-0.05, 0) is 50.9 Å². The number of benzene rings is 1. The topological polar surface area (TPSA) is 58.1 Å². The van der Waals surface area contributed by atoms with E-state index in [9.17, 15) is 0 Å². The fourth-order valence-electron chi connectivity index (χ4n) is 3.07. The van der Waals surface area contributed by atoms with E-state index in [4.69, 9.17) is 9.47 Å². The van der Waals surface area contributed by atoms with Crippen molar-refractivity contribution < 1.29 is 9.47 Å². The average molecular weight is 363 g/mol. The lowest BCUT2D eigenvalue weighted by molar-refractivity contribution is 0.121. The van der Waals surface area contributed by atoms with Crippen molar-refractivity contribution in [2.45, 2.75) is 19.8 Å². The van der Waals surface area contributed by atoms with Gasteiger partial charge in [-0.15, -0.1) is 0 Å². The standard InChI is InChI=1S/C20H34N4O2/c1-17-4-6-19(7-5-17)26-14-10-22-20(21-2)23-16-18-8-11-24(12-9-18)13-15-25-3/h4-7,18H,8-16H2,1-3H3,(H2,21,22,23). The minimum absolute atomic E-state index is 0.613. The van der Waals surface area contributed by atoms with E-state index in [2.05, 4.69) is 39.6 Å². The molecule has 26 heavy (non-hydrogen) atoms. The largest absolute Gasteiger partial charge is 0.492 e. The van der Waals surface area contributed by atoms with Gasteiger partial charge in [-0.1, -0.05) is 17.7 Å². The van der Waals surface area contributed by atoms with Crippen LogP contribution in [0.25, 0.3) is 0 Å². The quantitative estimate of drug-likeness (QED) is 0.399. The molecule has 0 aromatic heterocycles. The van der Waals surface area contributed by atoms with Crippen molar-refractivity contribution in [2.24, 2.45) is 10.9 Å². The lowest BCUT2D eigenvalue weighted by Crippen LogP contribution is -2.44. The van der Waals surface area contributed by atoms with E-state index in [0.29, 0.717) is 12.5 Å². The highest BCUT2D eigenvalue weighted by Gasteiger charge is 2.18. The van der Waals surface area contributed by atoms with Crippen molar-refractivity contribution in [1.82, 2.24) is 15.5 Å². The Labute approximate surface area is 158 Å². The molecule has 0 unspecified atom stereocenters. The summed E-state index contributed by atoms with van der Waals surface area (Å²) in [7, 11) is 3.57. The van der Waals surface area contributed by atoms with E-state index in [0.717, 1.165) is 51.0 Å². The molecular formula is C20H34N4O2. The maximum atomic E-state index is 5.73. The molecule has 1 aromatic carbocycles. The van der Waals surface area contributed by atoms with E-state index in [-0.39, 0.29) is 0 Å². The lowest BCUT2D eigenvalue weighted by atomic mass is 9.97. The number of piperidine rings is 1. The van der Waals surface area contributed by atoms with Crippen LogP contribution >= 0.6 is 0 Å². The molecule has 2 N–H and O–H groups in total. The Morgan fingerprint density at radius 2 is 1.88 bits per heavy atom. The average Bonchev–Trinajstić information content (AvgIpc) is 2.68. The number of methoxy groups -OCH3 is 1. The highest BCUT2D eigenvalue weighted by Crippen LogP contribution is 2.16. The number of aryl methyl sites for hydroxylation is 1. The fraction of sp³-hybridized carbons (Fsp3) is 0.650. The van der Waals surface area contributed by atoms with Crippen LogP contribution in [0.5, 0.6) is 5.75 Å². The van der Waals surface area contributed by atoms with Crippen LogP contribution in [0.4, 0.5) is 0 Å². The molecular weight excluding hydrogens is 328 g/mol. The third-order valence-corrected chi connectivity index (χ3v) is 4.78. The molecule has 0 bridgehead atoms. The molecule has 6 heteroatoms. The van der Waals surface area contributed by atoms with Gasteiger partial charge in [0.2, 0.25) is 0 Å². The molecule has 146 valence electrons. The molecule has 0 spiro atoms. The molecule has 0 aliphatic carbocycles. The molecule has 0 atom stereocenters. The second-order valence-electron chi connectivity index (χ2n) is 6.82. The number of likely N-dealkylation sites (tertiary alicyclic amines) is 1. The molecule has 0 saturated carbocycles. The number of aliphatic imine (C=N–C) groups is 1. The summed E-state index contributed by atoms with van der Waals surface area (Å²) in [5, 5.41) is 6.76. The normalized spacial score (nSPS) is 16.5. The molecule has 1 aromatic rings. The Balaban J connectivity index is 1.57. The van der Waals surface area contributed by atoms with Gasteiger partial charge in [0.1, 0.15) is 12.4 Å². The molecule has 0 radical (unpaired) electrons. The highest BCUT2D eigenvalue weighted by atomic mass is 16.5. The zero-order chi connectivity index (χ0) is 18.6. The maximum Gasteiger partial charge on any atom is 0.191 e. The van der Waals surface area contributed by atoms with Gasteiger partial charge < -0.3 is 25.0 Å². The zero-order valence-corrected chi connectivity index (χ0v) is 16.5. The first-order chi connectivity index (χ1) is 12.7. The van der Waals surface area contributed by atoms with Crippen LogP contribution in [-0.2, 0) is 4.74 Å². The van der Waals surface area contributed by atoms with Crippen LogP contribution in [0.15, 0.2) is 29.3 Å². The summed E-state index contributed by atoms with van der Waals surface area (Å²) in [4.78, 5) is 6.78. The summed E-state index contributed by atoms with van der Waals surface area (Å²) in [6.45, 7) is 8.56. The third-order valence-electron chi connectivity index (χ3n) is 4.78. The molecule has 6 nitrogen and oxygen atoms in total. The van der Waals surface area contributed by atoms with Crippen molar-refractivity contribution in [1.29, 1.82) is 0 Å². The number of hydrogen-bond donors (Lipinski definition) is 2. The predicted molar refractivity (Wildman–Crippen MR) is 107 cm³/mol. The van der Waals surface area contributed by atoms with Crippen molar-refractivity contribution >= 4 is 5.96 Å². The first kappa shape index (κ1) is 20.5. The first-order valence-electron chi connectivity index (χ1n) is 9.56. The lowest BCUT2D eigenvalue weighted by Gasteiger charge is -2.32. The molecule has 0 amide bonds. The smallest absolute Gasteiger partial charge is 0.191 e. The number of nitrogens with one attached hydrogen (secondary N) is 2.